The van der Waals surface area contributed by atoms with Crippen LogP contribution in [-0.2, 0) is 15.7 Å². The van der Waals surface area contributed by atoms with E-state index in [-0.39, 0.29) is 35.5 Å². The first-order chi connectivity index (χ1) is 20.3. The number of aromatic nitrogens is 3. The first kappa shape index (κ1) is 26.1. The Hall–Kier alpha value is -4.78. The minimum Gasteiger partial charge on any atom is -0.403 e. The van der Waals surface area contributed by atoms with Crippen LogP contribution in [0.2, 0.25) is 0 Å². The van der Waals surface area contributed by atoms with Crippen LogP contribution in [0.25, 0.3) is 11.5 Å². The average molecular weight is 576 g/mol. The zero-order valence-electron chi connectivity index (χ0n) is 22.0. The molecule has 2 aromatic heterocycles. The molecule has 0 radical (unpaired) electrons. The van der Waals surface area contributed by atoms with E-state index in [1.807, 2.05) is 48.5 Å². The summed E-state index contributed by atoms with van der Waals surface area (Å²) in [4.78, 5) is 23.6. The highest BCUT2D eigenvalue weighted by atomic mass is 19.4. The number of carbonyl (C=O) groups excluding carboxylic acids is 1. The molecule has 2 N–H and O–H groups in total. The van der Waals surface area contributed by atoms with Crippen molar-refractivity contribution in [1.82, 2.24) is 15.2 Å². The van der Waals surface area contributed by atoms with E-state index in [9.17, 15) is 18.0 Å². The Morgan fingerprint density at radius 3 is 2.40 bits per heavy atom. The third-order valence-electron chi connectivity index (χ3n) is 7.42. The van der Waals surface area contributed by atoms with E-state index in [2.05, 4.69) is 25.8 Å². The summed E-state index contributed by atoms with van der Waals surface area (Å²) in [6.45, 7) is 0.799. The molecule has 1 amide bonds. The van der Waals surface area contributed by atoms with Crippen molar-refractivity contribution in [3.8, 4) is 11.5 Å². The van der Waals surface area contributed by atoms with Crippen molar-refractivity contribution < 1.29 is 27.1 Å². The number of nitrogens with one attached hydrogen (secondary N) is 2. The number of halogens is 3. The second-order valence-corrected chi connectivity index (χ2v) is 10.3. The molecule has 4 aromatic rings. The van der Waals surface area contributed by atoms with Crippen LogP contribution in [0.4, 0.5) is 30.7 Å². The molecule has 5 heterocycles. The molecule has 42 heavy (non-hydrogen) atoms. The van der Waals surface area contributed by atoms with E-state index in [4.69, 9.17) is 14.1 Å². The summed E-state index contributed by atoms with van der Waals surface area (Å²) < 4.78 is 52.5. The molecule has 2 saturated heterocycles. The average Bonchev–Trinajstić information content (AvgIpc) is 3.56. The monoisotopic (exact) mass is 575 g/mol. The maximum absolute atomic E-state index is 13.6. The predicted molar refractivity (Wildman–Crippen MR) is 147 cm³/mol. The topological polar surface area (TPSA) is 118 Å². The maximum atomic E-state index is 13.6. The van der Waals surface area contributed by atoms with Gasteiger partial charge in [0.15, 0.2) is 0 Å². The van der Waals surface area contributed by atoms with Crippen molar-refractivity contribution in [3.63, 3.8) is 0 Å². The number of benzene rings is 2. The zero-order chi connectivity index (χ0) is 28.8. The number of alkyl halides is 3. The largest absolute Gasteiger partial charge is 0.433 e. The molecule has 2 aromatic carbocycles. The summed E-state index contributed by atoms with van der Waals surface area (Å²) in [5.74, 6) is -0.404. The first-order valence-corrected chi connectivity index (χ1v) is 13.4. The molecule has 10 nitrogen and oxygen atoms in total. The Kier molecular flexibility index (Phi) is 6.38. The second kappa shape index (κ2) is 10.2. The van der Waals surface area contributed by atoms with Crippen molar-refractivity contribution in [1.29, 1.82) is 0 Å². The van der Waals surface area contributed by atoms with Gasteiger partial charge in [0.05, 0.1) is 29.2 Å². The molecule has 2 unspecified atom stereocenters. The van der Waals surface area contributed by atoms with E-state index in [0.29, 0.717) is 24.5 Å². The number of ether oxygens (including phenoxy) is 1. The number of benzodiazepines with no additional fused rings is 1. The molecule has 3 aliphatic heterocycles. The van der Waals surface area contributed by atoms with Crippen LogP contribution in [0.1, 0.15) is 29.7 Å². The normalized spacial score (nSPS) is 21.8. The summed E-state index contributed by atoms with van der Waals surface area (Å²) >= 11 is 0. The summed E-state index contributed by atoms with van der Waals surface area (Å²) in [5, 5.41) is 13.9. The van der Waals surface area contributed by atoms with Crippen molar-refractivity contribution in [2.45, 2.75) is 37.4 Å². The molecule has 2 bridgehead atoms. The van der Waals surface area contributed by atoms with Crippen LogP contribution in [-0.4, -0.2) is 58.3 Å². The van der Waals surface area contributed by atoms with Crippen LogP contribution in [0.15, 0.2) is 76.1 Å². The van der Waals surface area contributed by atoms with Crippen molar-refractivity contribution in [2.24, 2.45) is 4.99 Å². The Bertz CT molecular complexity index is 1660. The molecule has 2 fully saturated rings. The van der Waals surface area contributed by atoms with E-state index < -0.39 is 23.9 Å². The van der Waals surface area contributed by atoms with Crippen molar-refractivity contribution >= 4 is 29.1 Å². The number of anilines is 3. The Morgan fingerprint density at radius 2 is 1.64 bits per heavy atom. The van der Waals surface area contributed by atoms with E-state index >= 15 is 0 Å². The number of nitrogens with zero attached hydrogens (tertiary/aromatic N) is 5. The fourth-order valence-corrected chi connectivity index (χ4v) is 5.49. The number of para-hydroxylation sites is 1. The van der Waals surface area contributed by atoms with Crippen molar-refractivity contribution in [2.75, 3.05) is 28.6 Å². The fraction of sp³-hybridized carbons (Fsp3) is 0.276. The zero-order valence-corrected chi connectivity index (χ0v) is 22.0. The third-order valence-corrected chi connectivity index (χ3v) is 7.42. The lowest BCUT2D eigenvalue weighted by Gasteiger charge is -2.34. The third kappa shape index (κ3) is 4.96. The molecule has 13 heteroatoms. The second-order valence-electron chi connectivity index (χ2n) is 10.3. The van der Waals surface area contributed by atoms with E-state index in [0.717, 1.165) is 30.0 Å². The predicted octanol–water partition coefficient (Wildman–Crippen LogP) is 4.75. The van der Waals surface area contributed by atoms with Gasteiger partial charge in [-0.05, 0) is 31.0 Å². The Morgan fingerprint density at radius 1 is 0.905 bits per heavy atom. The van der Waals surface area contributed by atoms with Gasteiger partial charge in [-0.2, -0.15) is 13.2 Å². The van der Waals surface area contributed by atoms with Gasteiger partial charge in [0.1, 0.15) is 11.5 Å². The number of morpholine rings is 1. The Balaban J connectivity index is 1.22. The quantitative estimate of drug-likeness (QED) is 0.350. The van der Waals surface area contributed by atoms with Crippen LogP contribution in [0.5, 0.6) is 0 Å². The number of rotatable bonds is 5. The number of hydrogen-bond donors (Lipinski definition) is 2. The molecule has 3 atom stereocenters. The number of carbonyl (C=O) groups is 1. The van der Waals surface area contributed by atoms with Crippen LogP contribution < -0.4 is 15.5 Å². The maximum Gasteiger partial charge on any atom is 0.433 e. The summed E-state index contributed by atoms with van der Waals surface area (Å²) in [6, 6.07) is 18.8. The molecular formula is C29H24F3N7O3. The minimum absolute atomic E-state index is 0.0443. The van der Waals surface area contributed by atoms with Gasteiger partial charge in [0.2, 0.25) is 6.17 Å². The lowest BCUT2D eigenvalue weighted by Crippen LogP contribution is -2.43. The van der Waals surface area contributed by atoms with Crippen LogP contribution in [0, 0.1) is 0 Å². The lowest BCUT2D eigenvalue weighted by atomic mass is 10.0. The molecule has 3 aliphatic rings. The van der Waals surface area contributed by atoms with Gasteiger partial charge in [0.25, 0.3) is 11.8 Å². The molecule has 0 saturated carbocycles. The van der Waals surface area contributed by atoms with Gasteiger partial charge in [-0.25, -0.2) is 9.98 Å². The van der Waals surface area contributed by atoms with E-state index in [1.54, 1.807) is 11.0 Å². The highest BCUT2D eigenvalue weighted by molar-refractivity contribution is 6.19. The van der Waals surface area contributed by atoms with Crippen LogP contribution in [0.3, 0.4) is 0 Å². The molecule has 0 aliphatic carbocycles. The van der Waals surface area contributed by atoms with Crippen molar-refractivity contribution in [3.05, 3.63) is 83.6 Å². The van der Waals surface area contributed by atoms with Crippen LogP contribution >= 0.6 is 0 Å². The van der Waals surface area contributed by atoms with Gasteiger partial charge >= 0.3 is 12.2 Å². The van der Waals surface area contributed by atoms with Gasteiger partial charge < -0.3 is 24.7 Å². The lowest BCUT2D eigenvalue weighted by molar-refractivity contribution is -0.141. The molecule has 7 rings (SSSR count). The minimum atomic E-state index is -4.63. The molecule has 0 spiro atoms. The summed E-state index contributed by atoms with van der Waals surface area (Å²) in [6.07, 6.45) is -4.25. The highest BCUT2D eigenvalue weighted by Gasteiger charge is 2.38. The van der Waals surface area contributed by atoms with Gasteiger partial charge in [-0.3, -0.25) is 4.79 Å². The van der Waals surface area contributed by atoms with Gasteiger partial charge in [0, 0.05) is 24.2 Å². The number of aliphatic imine (C=N–C) groups is 1. The standard InChI is InChI=1S/C29H24F3N7O3/c30-29(31,32)22-13-12-20(25(34-22)39-14-17-10-11-18(15-39)41-17)27-37-38-28(42-27)36-24-26(40)33-21-9-5-4-8-19(21)23(35-24)16-6-2-1-3-7-16/h1-9,12-13,17-18,24H,10-11,14-15H2,(H,33,40)(H,36,38)/t17?,18?,24-/m1/s1. The SMILES string of the molecule is O=C1Nc2ccccc2C(c2ccccc2)=N[C@@H]1Nc1nnc(-c2ccc(C(F)(F)F)nc2N2CC3CCC(C2)O3)o1. The van der Waals surface area contributed by atoms with Gasteiger partial charge in [-0.1, -0.05) is 53.6 Å². The number of amides is 1. The Labute approximate surface area is 237 Å². The van der Waals surface area contributed by atoms with Gasteiger partial charge in [-0.15, -0.1) is 5.10 Å². The smallest absolute Gasteiger partial charge is 0.403 e. The molecular weight excluding hydrogens is 551 g/mol. The highest BCUT2D eigenvalue weighted by Crippen LogP contribution is 2.38. The first-order valence-electron chi connectivity index (χ1n) is 13.4. The fourth-order valence-electron chi connectivity index (χ4n) is 5.49. The summed E-state index contributed by atoms with van der Waals surface area (Å²) in [5.41, 5.74) is 1.96. The summed E-state index contributed by atoms with van der Waals surface area (Å²) in [7, 11) is 0. The number of fused-ring (bicyclic) bond motifs is 3. The number of pyridine rings is 1. The van der Waals surface area contributed by atoms with E-state index in [1.165, 1.54) is 6.07 Å². The number of hydrogen-bond acceptors (Lipinski definition) is 9. The molecule has 214 valence electrons.